The fraction of sp³-hybridized carbons (Fsp3) is 0.333. The summed E-state index contributed by atoms with van der Waals surface area (Å²) in [7, 11) is 0. The van der Waals surface area contributed by atoms with E-state index in [1.165, 1.54) is 5.56 Å². The van der Waals surface area contributed by atoms with Crippen molar-refractivity contribution in [1.82, 2.24) is 15.1 Å². The number of nitrogens with one attached hydrogen (secondary N) is 1. The maximum atomic E-state index is 13.4. The summed E-state index contributed by atoms with van der Waals surface area (Å²) in [6.07, 6.45) is 0.622. The van der Waals surface area contributed by atoms with Crippen LogP contribution in [-0.4, -0.2) is 53.6 Å². The zero-order chi connectivity index (χ0) is 25.6. The van der Waals surface area contributed by atoms with Crippen LogP contribution >= 0.6 is 0 Å². The van der Waals surface area contributed by atoms with Crippen molar-refractivity contribution in [3.05, 3.63) is 95.1 Å². The van der Waals surface area contributed by atoms with E-state index in [2.05, 4.69) is 40.5 Å². The maximum absolute atomic E-state index is 13.4. The van der Waals surface area contributed by atoms with Crippen LogP contribution < -0.4 is 15.0 Å². The second-order valence-electron chi connectivity index (χ2n) is 10.5. The molecule has 0 saturated carbocycles. The summed E-state index contributed by atoms with van der Waals surface area (Å²) in [4.78, 5) is 32.7. The average molecular weight is 497 g/mol. The first kappa shape index (κ1) is 23.6. The van der Waals surface area contributed by atoms with Gasteiger partial charge in [-0.2, -0.15) is 0 Å². The Balaban J connectivity index is 1.18. The highest BCUT2D eigenvalue weighted by Crippen LogP contribution is 2.45. The van der Waals surface area contributed by atoms with Crippen molar-refractivity contribution >= 4 is 17.6 Å². The molecule has 0 spiro atoms. The molecular weight excluding hydrogens is 464 g/mol. The standard InChI is InChI=1S/C30H32N4O3/c1-21-11-12-27-25(17-21)26-19-30(2,37-27)34(29(36)31-26)24-10-6-9-23(18-24)28(35)33-15-13-32(14-16-33)20-22-7-4-3-5-8-22/h3-12,17-18,26H,13-16,19-20H2,1-2H3,(H,31,36). The van der Waals surface area contributed by atoms with Crippen molar-refractivity contribution in [2.75, 3.05) is 31.1 Å². The van der Waals surface area contributed by atoms with E-state index in [-0.39, 0.29) is 18.0 Å². The third kappa shape index (κ3) is 4.44. The number of fused-ring (bicyclic) bond motifs is 4. The van der Waals surface area contributed by atoms with Crippen molar-refractivity contribution in [2.45, 2.75) is 38.6 Å². The van der Waals surface area contributed by atoms with Crippen molar-refractivity contribution in [3.63, 3.8) is 0 Å². The summed E-state index contributed by atoms with van der Waals surface area (Å²) >= 11 is 0. The SMILES string of the molecule is Cc1ccc2c(c1)C1CC(C)(O2)N(c2cccc(C(=O)N3CCN(Cc4ccccc4)CC3)c2)C(=O)N1. The number of urea groups is 1. The van der Waals surface area contributed by atoms with E-state index >= 15 is 0 Å². The minimum Gasteiger partial charge on any atom is -0.467 e. The van der Waals surface area contributed by atoms with Crippen molar-refractivity contribution in [1.29, 1.82) is 0 Å². The van der Waals surface area contributed by atoms with Gasteiger partial charge >= 0.3 is 6.03 Å². The molecular formula is C30H32N4O3. The number of hydrogen-bond acceptors (Lipinski definition) is 4. The van der Waals surface area contributed by atoms with Crippen LogP contribution in [0.4, 0.5) is 10.5 Å². The fourth-order valence-corrected chi connectivity index (χ4v) is 5.80. The van der Waals surface area contributed by atoms with Gasteiger partial charge in [-0.25, -0.2) is 4.79 Å². The van der Waals surface area contributed by atoms with E-state index in [1.54, 1.807) is 4.90 Å². The molecule has 0 aromatic heterocycles. The number of rotatable bonds is 4. The first-order chi connectivity index (χ1) is 17.9. The summed E-state index contributed by atoms with van der Waals surface area (Å²) in [5.41, 5.74) is 3.82. The molecule has 0 radical (unpaired) electrons. The Morgan fingerprint density at radius 1 is 1.00 bits per heavy atom. The van der Waals surface area contributed by atoms with Crippen molar-refractivity contribution in [2.24, 2.45) is 0 Å². The van der Waals surface area contributed by atoms with Gasteiger partial charge in [0.05, 0.1) is 11.7 Å². The molecule has 190 valence electrons. The van der Waals surface area contributed by atoms with Crippen LogP contribution in [-0.2, 0) is 6.54 Å². The topological polar surface area (TPSA) is 65.1 Å². The molecule has 2 unspecified atom stereocenters. The van der Waals surface area contributed by atoms with Crippen LogP contribution in [0, 0.1) is 6.92 Å². The quantitative estimate of drug-likeness (QED) is 0.568. The molecule has 3 aliphatic rings. The van der Waals surface area contributed by atoms with E-state index in [4.69, 9.17) is 4.74 Å². The third-order valence-electron chi connectivity index (χ3n) is 7.69. The summed E-state index contributed by atoms with van der Waals surface area (Å²) < 4.78 is 6.42. The summed E-state index contributed by atoms with van der Waals surface area (Å²) in [5, 5.41) is 3.15. The van der Waals surface area contributed by atoms with Crippen molar-refractivity contribution in [3.8, 4) is 5.75 Å². The van der Waals surface area contributed by atoms with Gasteiger partial charge in [0.2, 0.25) is 0 Å². The van der Waals surface area contributed by atoms with Gasteiger partial charge in [0.1, 0.15) is 5.75 Å². The van der Waals surface area contributed by atoms with Gasteiger partial charge < -0.3 is 15.0 Å². The second-order valence-corrected chi connectivity index (χ2v) is 10.5. The first-order valence-corrected chi connectivity index (χ1v) is 13.0. The van der Waals surface area contributed by atoms with Gasteiger partial charge in [-0.05, 0) is 43.7 Å². The number of ether oxygens (including phenoxy) is 1. The summed E-state index contributed by atoms with van der Waals surface area (Å²) in [6, 6.07) is 23.5. The molecule has 6 rings (SSSR count). The van der Waals surface area contributed by atoms with Crippen molar-refractivity contribution < 1.29 is 14.3 Å². The molecule has 2 fully saturated rings. The Morgan fingerprint density at radius 3 is 2.57 bits per heavy atom. The second kappa shape index (κ2) is 9.23. The Kier molecular flexibility index (Phi) is 5.88. The number of hydrogen-bond donors (Lipinski definition) is 1. The molecule has 3 aromatic rings. The summed E-state index contributed by atoms with van der Waals surface area (Å²) in [6.45, 7) is 7.91. The Morgan fingerprint density at radius 2 is 1.78 bits per heavy atom. The van der Waals surface area contributed by atoms with E-state index < -0.39 is 5.72 Å². The minimum absolute atomic E-state index is 0.00737. The van der Waals surface area contributed by atoms with Crippen LogP contribution in [0.1, 0.15) is 46.4 Å². The molecule has 1 N–H and O–H groups in total. The molecule has 2 saturated heterocycles. The molecule has 3 amide bonds. The molecule has 3 aromatic carbocycles. The molecule has 7 nitrogen and oxygen atoms in total. The Bertz CT molecular complexity index is 1340. The van der Waals surface area contributed by atoms with Gasteiger partial charge in [0.25, 0.3) is 5.91 Å². The van der Waals surface area contributed by atoms with Crippen LogP contribution in [0.2, 0.25) is 0 Å². The van der Waals surface area contributed by atoms with E-state index in [0.29, 0.717) is 30.8 Å². The average Bonchev–Trinajstić information content (AvgIpc) is 2.89. The molecule has 0 aliphatic carbocycles. The number of carbonyl (C=O) groups excluding carboxylic acids is 2. The number of anilines is 1. The highest BCUT2D eigenvalue weighted by molar-refractivity contribution is 5.99. The summed E-state index contributed by atoms with van der Waals surface area (Å²) in [5.74, 6) is 0.780. The third-order valence-corrected chi connectivity index (χ3v) is 7.69. The molecule has 7 heteroatoms. The molecule has 2 atom stereocenters. The number of amides is 3. The smallest absolute Gasteiger partial charge is 0.325 e. The predicted octanol–water partition coefficient (Wildman–Crippen LogP) is 4.72. The zero-order valence-corrected chi connectivity index (χ0v) is 21.3. The van der Waals surface area contributed by atoms with Gasteiger partial charge in [-0.15, -0.1) is 0 Å². The fourth-order valence-electron chi connectivity index (χ4n) is 5.80. The highest BCUT2D eigenvalue weighted by Gasteiger charge is 2.50. The van der Waals surface area contributed by atoms with E-state index in [0.717, 1.165) is 36.5 Å². The van der Waals surface area contributed by atoms with Gasteiger partial charge in [-0.3, -0.25) is 14.6 Å². The van der Waals surface area contributed by atoms with Crippen LogP contribution in [0.3, 0.4) is 0 Å². The monoisotopic (exact) mass is 496 g/mol. The minimum atomic E-state index is -0.847. The lowest BCUT2D eigenvalue weighted by Crippen LogP contribution is -2.65. The molecule has 3 heterocycles. The lowest BCUT2D eigenvalue weighted by Gasteiger charge is -2.50. The Labute approximate surface area is 217 Å². The zero-order valence-electron chi connectivity index (χ0n) is 21.3. The van der Waals surface area contributed by atoms with Gasteiger partial charge in [0.15, 0.2) is 5.72 Å². The number of nitrogens with zero attached hydrogens (tertiary/aromatic N) is 3. The number of aryl methyl sites for hydroxylation is 1. The molecule has 37 heavy (non-hydrogen) atoms. The van der Waals surface area contributed by atoms with Gasteiger partial charge in [0, 0.05) is 50.3 Å². The number of benzene rings is 3. The Hall–Kier alpha value is -3.84. The van der Waals surface area contributed by atoms with Gasteiger partial charge in [-0.1, -0.05) is 54.1 Å². The lowest BCUT2D eigenvalue weighted by molar-refractivity contribution is 0.0377. The molecule has 3 aliphatic heterocycles. The van der Waals surface area contributed by atoms with E-state index in [1.807, 2.05) is 61.2 Å². The molecule has 2 bridgehead atoms. The van der Waals surface area contributed by atoms with Crippen LogP contribution in [0.5, 0.6) is 5.75 Å². The largest absolute Gasteiger partial charge is 0.467 e. The first-order valence-electron chi connectivity index (χ1n) is 13.0. The maximum Gasteiger partial charge on any atom is 0.325 e. The van der Waals surface area contributed by atoms with Crippen LogP contribution in [0.25, 0.3) is 0 Å². The highest BCUT2D eigenvalue weighted by atomic mass is 16.5. The van der Waals surface area contributed by atoms with Crippen LogP contribution in [0.15, 0.2) is 72.8 Å². The number of piperazine rings is 1. The van der Waals surface area contributed by atoms with E-state index in [9.17, 15) is 9.59 Å². The number of carbonyl (C=O) groups is 2. The predicted molar refractivity (Wildman–Crippen MR) is 143 cm³/mol. The normalized spacial score (nSPS) is 23.2. The lowest BCUT2D eigenvalue weighted by atomic mass is 9.89.